The number of aliphatic hydroxyl groups is 1. The van der Waals surface area contributed by atoms with Crippen LogP contribution < -0.4 is 5.56 Å². The zero-order valence-electron chi connectivity index (χ0n) is 9.62. The molecule has 2 atom stereocenters. The van der Waals surface area contributed by atoms with Crippen LogP contribution in [0, 0.1) is 0 Å². The van der Waals surface area contributed by atoms with Crippen LogP contribution in [0.5, 0.6) is 0 Å². The second-order valence-corrected chi connectivity index (χ2v) is 3.78. The zero-order valence-corrected chi connectivity index (χ0v) is 9.62. The first-order chi connectivity index (χ1) is 8.13. The Hall–Kier alpha value is -1.73. The molecule has 0 bridgehead atoms. The van der Waals surface area contributed by atoms with Gasteiger partial charge in [-0.25, -0.2) is 9.97 Å². The number of rotatable bonds is 4. The van der Waals surface area contributed by atoms with E-state index in [1.54, 1.807) is 18.4 Å². The minimum Gasteiger partial charge on any atom is -0.394 e. The van der Waals surface area contributed by atoms with Crippen LogP contribution in [0.1, 0.15) is 20.1 Å². The van der Waals surface area contributed by atoms with Gasteiger partial charge in [-0.05, 0) is 13.8 Å². The van der Waals surface area contributed by atoms with E-state index in [0.29, 0.717) is 5.65 Å². The van der Waals surface area contributed by atoms with E-state index in [9.17, 15) is 4.79 Å². The van der Waals surface area contributed by atoms with E-state index in [1.165, 1.54) is 12.7 Å². The van der Waals surface area contributed by atoms with Crippen molar-refractivity contribution < 1.29 is 9.84 Å². The number of hydrogen-bond donors (Lipinski definition) is 2. The summed E-state index contributed by atoms with van der Waals surface area (Å²) >= 11 is 0. The van der Waals surface area contributed by atoms with Gasteiger partial charge in [0.1, 0.15) is 6.23 Å². The van der Waals surface area contributed by atoms with Crippen molar-refractivity contribution in [2.24, 2.45) is 0 Å². The highest BCUT2D eigenvalue weighted by atomic mass is 16.5. The summed E-state index contributed by atoms with van der Waals surface area (Å²) in [5.74, 6) is 0. The van der Waals surface area contributed by atoms with Crippen molar-refractivity contribution in [2.75, 3.05) is 6.61 Å². The van der Waals surface area contributed by atoms with E-state index in [2.05, 4.69) is 15.0 Å². The molecule has 0 aliphatic heterocycles. The molecule has 2 unspecified atom stereocenters. The molecule has 0 saturated heterocycles. The average Bonchev–Trinajstić information content (AvgIpc) is 2.74. The summed E-state index contributed by atoms with van der Waals surface area (Å²) in [6, 6.07) is 0. The van der Waals surface area contributed by atoms with Crippen LogP contribution in [-0.2, 0) is 4.74 Å². The van der Waals surface area contributed by atoms with Gasteiger partial charge < -0.3 is 14.8 Å². The third-order valence-electron chi connectivity index (χ3n) is 2.44. The first kappa shape index (κ1) is 11.7. The van der Waals surface area contributed by atoms with Gasteiger partial charge in [-0.2, -0.15) is 0 Å². The smallest absolute Gasteiger partial charge is 0.278 e. The largest absolute Gasteiger partial charge is 0.394 e. The Morgan fingerprint density at radius 3 is 3.00 bits per heavy atom. The fourth-order valence-corrected chi connectivity index (χ4v) is 1.57. The van der Waals surface area contributed by atoms with Crippen LogP contribution in [0.15, 0.2) is 17.4 Å². The van der Waals surface area contributed by atoms with Crippen LogP contribution >= 0.6 is 0 Å². The van der Waals surface area contributed by atoms with Crippen LogP contribution in [0.25, 0.3) is 11.2 Å². The third-order valence-corrected chi connectivity index (χ3v) is 2.44. The van der Waals surface area contributed by atoms with E-state index in [-0.39, 0.29) is 30.0 Å². The minimum atomic E-state index is -0.351. The molecule has 0 aromatic carbocycles. The maximum absolute atomic E-state index is 11.4. The van der Waals surface area contributed by atoms with Crippen molar-refractivity contribution >= 4 is 11.2 Å². The molecule has 2 N–H and O–H groups in total. The molecule has 0 aliphatic rings. The lowest BCUT2D eigenvalue weighted by molar-refractivity contribution is -0.0542. The average molecular weight is 238 g/mol. The van der Waals surface area contributed by atoms with Crippen molar-refractivity contribution in [1.29, 1.82) is 0 Å². The van der Waals surface area contributed by atoms with E-state index in [1.807, 2.05) is 0 Å². The third kappa shape index (κ3) is 2.20. The van der Waals surface area contributed by atoms with Gasteiger partial charge in [0.05, 0.1) is 25.4 Å². The number of H-pyrrole nitrogens is 1. The van der Waals surface area contributed by atoms with Crippen LogP contribution in [0.4, 0.5) is 0 Å². The van der Waals surface area contributed by atoms with Crippen LogP contribution in [-0.4, -0.2) is 37.3 Å². The molecule has 0 radical (unpaired) electrons. The van der Waals surface area contributed by atoms with E-state index in [0.717, 1.165) is 0 Å². The Morgan fingerprint density at radius 1 is 1.53 bits per heavy atom. The lowest BCUT2D eigenvalue weighted by Crippen LogP contribution is -2.19. The summed E-state index contributed by atoms with van der Waals surface area (Å²) in [6.07, 6.45) is 2.19. The number of aromatic amines is 1. The number of aliphatic hydroxyl groups excluding tert-OH is 1. The van der Waals surface area contributed by atoms with Crippen molar-refractivity contribution in [3.8, 4) is 0 Å². The normalized spacial score (nSPS) is 15.0. The summed E-state index contributed by atoms with van der Waals surface area (Å²) in [7, 11) is 0. The first-order valence-electron chi connectivity index (χ1n) is 5.30. The first-order valence-corrected chi connectivity index (χ1v) is 5.30. The fraction of sp³-hybridized carbons (Fsp3) is 0.500. The number of hydrogen-bond acceptors (Lipinski definition) is 5. The number of nitrogens with one attached hydrogen (secondary N) is 1. The number of fused-ring (bicyclic) bond motifs is 1. The van der Waals surface area contributed by atoms with Crippen LogP contribution in [0.3, 0.4) is 0 Å². The van der Waals surface area contributed by atoms with Crippen molar-refractivity contribution in [2.45, 2.75) is 26.2 Å². The number of aromatic nitrogens is 4. The second-order valence-electron chi connectivity index (χ2n) is 3.78. The van der Waals surface area contributed by atoms with Gasteiger partial charge in [-0.3, -0.25) is 9.36 Å². The van der Waals surface area contributed by atoms with E-state index >= 15 is 0 Å². The molecular formula is C10H14N4O3. The minimum absolute atomic E-state index is 0.0645. The number of imidazole rings is 1. The molecule has 0 amide bonds. The highest BCUT2D eigenvalue weighted by Crippen LogP contribution is 2.15. The predicted molar refractivity (Wildman–Crippen MR) is 60.5 cm³/mol. The van der Waals surface area contributed by atoms with Gasteiger partial charge in [0.2, 0.25) is 0 Å². The molecular weight excluding hydrogens is 224 g/mol. The number of ether oxygens (including phenoxy) is 1. The predicted octanol–water partition coefficient (Wildman–Crippen LogP) is 0.0355. The summed E-state index contributed by atoms with van der Waals surface area (Å²) in [5, 5.41) is 8.92. The quantitative estimate of drug-likeness (QED) is 0.784. The SMILES string of the molecule is CC(CO)OC(C)n1cnc2c(=O)[nH]cnc21. The molecule has 0 fully saturated rings. The van der Waals surface area contributed by atoms with E-state index in [4.69, 9.17) is 9.84 Å². The summed E-state index contributed by atoms with van der Waals surface area (Å²) in [4.78, 5) is 21.9. The van der Waals surface area contributed by atoms with Gasteiger partial charge in [-0.15, -0.1) is 0 Å². The Morgan fingerprint density at radius 2 is 2.29 bits per heavy atom. The van der Waals surface area contributed by atoms with Gasteiger partial charge in [-0.1, -0.05) is 0 Å². The standard InChI is InChI=1S/C10H14N4O3/c1-6(3-15)17-7(2)14-5-13-8-9(14)11-4-12-10(8)16/h4-7,15H,3H2,1-2H3,(H,11,12,16). The van der Waals surface area contributed by atoms with Gasteiger partial charge in [0.15, 0.2) is 11.2 Å². The van der Waals surface area contributed by atoms with Crippen LogP contribution in [0.2, 0.25) is 0 Å². The highest BCUT2D eigenvalue weighted by molar-refractivity contribution is 5.68. The Bertz CT molecular complexity index is 562. The van der Waals surface area contributed by atoms with Gasteiger partial charge in [0.25, 0.3) is 5.56 Å². The highest BCUT2D eigenvalue weighted by Gasteiger charge is 2.14. The lowest BCUT2D eigenvalue weighted by atomic mass is 10.4. The fourth-order valence-electron chi connectivity index (χ4n) is 1.57. The molecule has 92 valence electrons. The second kappa shape index (κ2) is 4.64. The molecule has 2 aromatic heterocycles. The van der Waals surface area contributed by atoms with Crippen molar-refractivity contribution in [3.63, 3.8) is 0 Å². The Labute approximate surface area is 97.1 Å². The van der Waals surface area contributed by atoms with Crippen molar-refractivity contribution in [3.05, 3.63) is 23.0 Å². The van der Waals surface area contributed by atoms with Crippen molar-refractivity contribution in [1.82, 2.24) is 19.5 Å². The maximum atomic E-state index is 11.4. The monoisotopic (exact) mass is 238 g/mol. The molecule has 7 heteroatoms. The molecule has 2 aromatic rings. The van der Waals surface area contributed by atoms with Gasteiger partial charge in [0, 0.05) is 0 Å². The van der Waals surface area contributed by atoms with Gasteiger partial charge >= 0.3 is 0 Å². The molecule has 17 heavy (non-hydrogen) atoms. The zero-order chi connectivity index (χ0) is 12.4. The Kier molecular flexibility index (Phi) is 3.21. The molecule has 0 saturated carbocycles. The summed E-state index contributed by atoms with van der Waals surface area (Å²) in [5.41, 5.74) is 0.460. The topological polar surface area (TPSA) is 93.0 Å². The molecule has 2 heterocycles. The summed E-state index contributed by atoms with van der Waals surface area (Å²) in [6.45, 7) is 3.50. The Balaban J connectivity index is 2.36. The molecule has 7 nitrogen and oxygen atoms in total. The molecule has 2 rings (SSSR count). The number of nitrogens with zero attached hydrogens (tertiary/aromatic N) is 3. The van der Waals surface area contributed by atoms with E-state index < -0.39 is 0 Å². The summed E-state index contributed by atoms with van der Waals surface area (Å²) < 4.78 is 7.16. The molecule has 0 aliphatic carbocycles. The lowest BCUT2D eigenvalue weighted by Gasteiger charge is -2.18. The molecule has 0 spiro atoms. The maximum Gasteiger partial charge on any atom is 0.278 e.